The minimum atomic E-state index is -0.670. The maximum Gasteiger partial charge on any atom is 4.00 e. The van der Waals surface area contributed by atoms with Crippen LogP contribution in [0.2, 0.25) is 0 Å². The normalized spacial score (nSPS) is 14.1. The Balaban J connectivity index is 0.00000325. The molecule has 6 aromatic carbocycles. The molecule has 0 saturated carbocycles. The molecule has 2 aliphatic rings. The number of hydrogen-bond acceptors (Lipinski definition) is 4. The Kier molecular flexibility index (Phi) is 6.82. The summed E-state index contributed by atoms with van der Waals surface area (Å²) in [4.78, 5) is 13.3. The van der Waals surface area contributed by atoms with E-state index in [-0.39, 0.29) is 21.1 Å². The first-order valence-corrected chi connectivity index (χ1v) is 16.1. The maximum atomic E-state index is 4.69. The number of para-hydroxylation sites is 2. The van der Waals surface area contributed by atoms with Crippen LogP contribution < -0.4 is 9.80 Å². The number of rotatable bonds is 4. The zero-order valence-corrected chi connectivity index (χ0v) is 28.7. The molecule has 0 spiro atoms. The van der Waals surface area contributed by atoms with Crippen LogP contribution in [-0.2, 0) is 26.5 Å². The number of benzene rings is 6. The molecule has 0 amide bonds. The molecule has 0 N–H and O–H groups in total. The monoisotopic (exact) mass is 808 g/mol. The zero-order chi connectivity index (χ0) is 31.8. The maximum absolute atomic E-state index is 4.69. The van der Waals surface area contributed by atoms with Crippen molar-refractivity contribution in [3.8, 4) is 16.8 Å². The summed E-state index contributed by atoms with van der Waals surface area (Å²) in [7, 11) is 2.00. The van der Waals surface area contributed by atoms with Gasteiger partial charge in [0, 0.05) is 23.3 Å². The third kappa shape index (κ3) is 4.15. The summed E-state index contributed by atoms with van der Waals surface area (Å²) in [5.74, 6) is 1.60. The molecular weight excluding hydrogens is 782 g/mol. The van der Waals surface area contributed by atoms with Crippen LogP contribution in [0.3, 0.4) is 0 Å². The number of fused-ring (bicyclic) bond motifs is 7. The predicted molar refractivity (Wildman–Crippen MR) is 191 cm³/mol. The molecular formula is C43H27N5Pt. The average Bonchev–Trinajstić information content (AvgIpc) is 3.78. The van der Waals surface area contributed by atoms with E-state index in [0.717, 1.165) is 45.2 Å². The van der Waals surface area contributed by atoms with E-state index in [1.54, 1.807) is 12.4 Å². The molecule has 0 saturated heterocycles. The first-order valence-electron chi connectivity index (χ1n) is 16.1. The second kappa shape index (κ2) is 11.3. The van der Waals surface area contributed by atoms with Crippen LogP contribution >= 0.6 is 0 Å². The Morgan fingerprint density at radius 1 is 0.633 bits per heavy atom. The molecule has 0 atom stereocenters. The molecule has 0 bridgehead atoms. The topological polar surface area (TPSA) is 37.2 Å². The van der Waals surface area contributed by atoms with E-state index in [9.17, 15) is 0 Å². The number of nitrogens with zero attached hydrogens (tertiary/aromatic N) is 5. The first kappa shape index (κ1) is 29.6. The fourth-order valence-corrected chi connectivity index (χ4v) is 7.89. The summed E-state index contributed by atoms with van der Waals surface area (Å²) >= 11 is 0. The fraction of sp³-hybridized carbons (Fsp3) is 0.0465. The van der Waals surface area contributed by atoms with Crippen molar-refractivity contribution in [2.24, 2.45) is 0 Å². The molecule has 49 heavy (non-hydrogen) atoms. The Hall–Kier alpha value is -5.51. The SMILES string of the molecule is CN1[CH-]N(c2[c-]c(C3(c4[c-]cc5c(c4)c4ccccc4n5-c4[c-]cccc4)c4ccccc4-c4ccccc43)ccc2)c2nccnc21.[Pt+4]. The van der Waals surface area contributed by atoms with Gasteiger partial charge in [0.05, 0.1) is 0 Å². The molecule has 0 fully saturated rings. The van der Waals surface area contributed by atoms with Crippen molar-refractivity contribution in [3.05, 3.63) is 187 Å². The molecule has 0 radical (unpaired) electrons. The molecule has 3 heterocycles. The van der Waals surface area contributed by atoms with Gasteiger partial charge in [-0.2, -0.15) is 66.7 Å². The number of hydrogen-bond donors (Lipinski definition) is 0. The van der Waals surface area contributed by atoms with Crippen molar-refractivity contribution >= 4 is 39.1 Å². The van der Waals surface area contributed by atoms with Crippen LogP contribution in [0.1, 0.15) is 22.3 Å². The second-order valence-corrected chi connectivity index (χ2v) is 12.3. The van der Waals surface area contributed by atoms with Crippen molar-refractivity contribution in [2.75, 3.05) is 16.8 Å². The van der Waals surface area contributed by atoms with Gasteiger partial charge in [-0.25, -0.2) is 9.97 Å². The van der Waals surface area contributed by atoms with Gasteiger partial charge >= 0.3 is 21.1 Å². The quantitative estimate of drug-likeness (QED) is 0.167. The summed E-state index contributed by atoms with van der Waals surface area (Å²) < 4.78 is 2.29. The van der Waals surface area contributed by atoms with Crippen molar-refractivity contribution in [1.29, 1.82) is 0 Å². The largest absolute Gasteiger partial charge is 4.00 e. The molecule has 0 unspecified atom stereocenters. The minimum Gasteiger partial charge on any atom is -0.487 e. The predicted octanol–water partition coefficient (Wildman–Crippen LogP) is 9.04. The van der Waals surface area contributed by atoms with E-state index in [0.29, 0.717) is 0 Å². The third-order valence-electron chi connectivity index (χ3n) is 9.85. The van der Waals surface area contributed by atoms with Crippen LogP contribution in [-0.4, -0.2) is 21.6 Å². The summed E-state index contributed by atoms with van der Waals surface area (Å²) in [6.07, 6.45) is 3.47. The molecule has 1 aliphatic heterocycles. The molecule has 6 heteroatoms. The number of aromatic nitrogens is 3. The Morgan fingerprint density at radius 3 is 2.10 bits per heavy atom. The van der Waals surface area contributed by atoms with E-state index >= 15 is 0 Å². The van der Waals surface area contributed by atoms with Crippen LogP contribution in [0.15, 0.2) is 140 Å². The van der Waals surface area contributed by atoms with Gasteiger partial charge in [-0.1, -0.05) is 77.9 Å². The van der Waals surface area contributed by atoms with Gasteiger partial charge in [0.15, 0.2) is 0 Å². The van der Waals surface area contributed by atoms with E-state index in [1.165, 1.54) is 33.0 Å². The van der Waals surface area contributed by atoms with Gasteiger partial charge in [0.2, 0.25) is 0 Å². The van der Waals surface area contributed by atoms with Gasteiger partial charge in [-0.05, 0) is 40.8 Å². The van der Waals surface area contributed by atoms with Gasteiger partial charge in [-0.15, -0.1) is 34.9 Å². The number of anilines is 3. The Morgan fingerprint density at radius 2 is 1.33 bits per heavy atom. The van der Waals surface area contributed by atoms with Crippen LogP contribution in [0.25, 0.3) is 38.6 Å². The summed E-state index contributed by atoms with van der Waals surface area (Å²) in [5, 5.41) is 2.37. The first-order chi connectivity index (χ1) is 23.7. The second-order valence-electron chi connectivity index (χ2n) is 12.3. The Labute approximate surface area is 299 Å². The molecule has 1 aliphatic carbocycles. The summed E-state index contributed by atoms with van der Waals surface area (Å²) in [5.41, 5.74) is 10.5. The average molecular weight is 809 g/mol. The van der Waals surface area contributed by atoms with Crippen molar-refractivity contribution < 1.29 is 21.1 Å². The van der Waals surface area contributed by atoms with Gasteiger partial charge in [0.1, 0.15) is 11.6 Å². The molecule has 10 rings (SSSR count). The molecule has 5 nitrogen and oxygen atoms in total. The fourth-order valence-electron chi connectivity index (χ4n) is 7.89. The van der Waals surface area contributed by atoms with E-state index < -0.39 is 5.41 Å². The van der Waals surface area contributed by atoms with Gasteiger partial charge in [-0.3, -0.25) is 0 Å². The molecule has 234 valence electrons. The molecule has 2 aromatic heterocycles. The van der Waals surface area contributed by atoms with Crippen molar-refractivity contribution in [1.82, 2.24) is 14.5 Å². The van der Waals surface area contributed by atoms with Crippen LogP contribution in [0.5, 0.6) is 0 Å². The van der Waals surface area contributed by atoms with Crippen LogP contribution in [0, 0.1) is 24.9 Å². The van der Waals surface area contributed by atoms with E-state index in [4.69, 9.17) is 4.98 Å². The van der Waals surface area contributed by atoms with Crippen LogP contribution in [0.4, 0.5) is 17.3 Å². The third-order valence-corrected chi connectivity index (χ3v) is 9.85. The van der Waals surface area contributed by atoms with Crippen molar-refractivity contribution in [2.45, 2.75) is 5.41 Å². The van der Waals surface area contributed by atoms with Gasteiger partial charge < -0.3 is 14.4 Å². The van der Waals surface area contributed by atoms with Gasteiger partial charge in [0.25, 0.3) is 0 Å². The molecule has 8 aromatic rings. The van der Waals surface area contributed by atoms with E-state index in [2.05, 4.69) is 148 Å². The van der Waals surface area contributed by atoms with Crippen molar-refractivity contribution in [3.63, 3.8) is 0 Å². The Bertz CT molecular complexity index is 2490. The smallest absolute Gasteiger partial charge is 0.487 e. The summed E-state index contributed by atoms with van der Waals surface area (Å²) in [6, 6.07) is 56.5. The van der Waals surface area contributed by atoms with E-state index in [1.807, 2.05) is 30.7 Å². The minimum absolute atomic E-state index is 0. The summed E-state index contributed by atoms with van der Waals surface area (Å²) in [6.45, 7) is 2.02. The zero-order valence-electron chi connectivity index (χ0n) is 26.4. The standard InChI is InChI=1S/C43H27N5.Pt/c1-46-28-47(42-41(46)44-24-25-45-42)32-15-11-12-29(26-32)43(37-19-8-5-16-33(37)34-17-6-9-20-38(34)43)30-22-23-40-36(27-30)35-18-7-10-21-39(35)48(40)31-13-3-2-4-14-31;/h2-13,15-21,23-25,27-28H,1H3;/q-4;+4.